The van der Waals surface area contributed by atoms with Crippen molar-refractivity contribution in [2.24, 2.45) is 0 Å². The lowest BCUT2D eigenvalue weighted by atomic mass is 10.1. The highest BCUT2D eigenvalue weighted by Gasteiger charge is 2.13. The molecule has 2 aromatic rings. The van der Waals surface area contributed by atoms with E-state index in [9.17, 15) is 14.4 Å². The van der Waals surface area contributed by atoms with Gasteiger partial charge in [-0.15, -0.1) is 0 Å². The molecule has 0 fully saturated rings. The summed E-state index contributed by atoms with van der Waals surface area (Å²) in [6.07, 6.45) is 1.47. The molecular formula is C17H19N3O3. The SMILES string of the molecule is CC(=O)c1c[nH]c(C(=O)NCC(=O)Nc2c(C)cccc2C)c1. The van der Waals surface area contributed by atoms with Crippen LogP contribution in [0.15, 0.2) is 30.5 Å². The topological polar surface area (TPSA) is 91.1 Å². The number of hydrogen-bond acceptors (Lipinski definition) is 3. The molecule has 6 nitrogen and oxygen atoms in total. The van der Waals surface area contributed by atoms with E-state index in [0.717, 1.165) is 16.8 Å². The van der Waals surface area contributed by atoms with Crippen LogP contribution < -0.4 is 10.6 Å². The van der Waals surface area contributed by atoms with Crippen LogP contribution in [0, 0.1) is 13.8 Å². The zero-order valence-electron chi connectivity index (χ0n) is 13.3. The third-order valence-corrected chi connectivity index (χ3v) is 3.49. The fourth-order valence-corrected chi connectivity index (χ4v) is 2.18. The zero-order valence-corrected chi connectivity index (χ0v) is 13.3. The Bertz CT molecular complexity index is 742. The van der Waals surface area contributed by atoms with Crippen LogP contribution in [0.25, 0.3) is 0 Å². The quantitative estimate of drug-likeness (QED) is 0.739. The lowest BCUT2D eigenvalue weighted by Gasteiger charge is -2.11. The Kier molecular flexibility index (Phi) is 4.95. The summed E-state index contributed by atoms with van der Waals surface area (Å²) >= 11 is 0. The van der Waals surface area contributed by atoms with Gasteiger partial charge in [-0.3, -0.25) is 14.4 Å². The summed E-state index contributed by atoms with van der Waals surface area (Å²) in [4.78, 5) is 37.8. The summed E-state index contributed by atoms with van der Waals surface area (Å²) in [7, 11) is 0. The third-order valence-electron chi connectivity index (χ3n) is 3.49. The van der Waals surface area contributed by atoms with E-state index in [-0.39, 0.29) is 23.9 Å². The monoisotopic (exact) mass is 313 g/mol. The number of rotatable bonds is 5. The van der Waals surface area contributed by atoms with Crippen molar-refractivity contribution in [1.82, 2.24) is 10.3 Å². The third kappa shape index (κ3) is 4.06. The van der Waals surface area contributed by atoms with E-state index in [1.165, 1.54) is 19.2 Å². The number of aromatic amines is 1. The van der Waals surface area contributed by atoms with Gasteiger partial charge in [-0.25, -0.2) is 0 Å². The molecule has 0 aliphatic carbocycles. The van der Waals surface area contributed by atoms with Crippen molar-refractivity contribution in [3.05, 3.63) is 52.8 Å². The predicted molar refractivity (Wildman–Crippen MR) is 87.7 cm³/mol. The molecule has 120 valence electrons. The van der Waals surface area contributed by atoms with Crippen molar-refractivity contribution < 1.29 is 14.4 Å². The number of H-pyrrole nitrogens is 1. The largest absolute Gasteiger partial charge is 0.356 e. The molecule has 0 atom stereocenters. The number of para-hydroxylation sites is 1. The van der Waals surface area contributed by atoms with Crippen LogP contribution in [-0.2, 0) is 4.79 Å². The minimum Gasteiger partial charge on any atom is -0.356 e. The van der Waals surface area contributed by atoms with Gasteiger partial charge in [0, 0.05) is 17.4 Å². The molecule has 0 radical (unpaired) electrons. The molecule has 23 heavy (non-hydrogen) atoms. The first kappa shape index (κ1) is 16.5. The number of ketones is 1. The van der Waals surface area contributed by atoms with Gasteiger partial charge >= 0.3 is 0 Å². The number of anilines is 1. The molecule has 0 saturated carbocycles. The summed E-state index contributed by atoms with van der Waals surface area (Å²) < 4.78 is 0. The Labute approximate surface area is 134 Å². The first-order valence-corrected chi connectivity index (χ1v) is 7.22. The summed E-state index contributed by atoms with van der Waals surface area (Å²) in [6.45, 7) is 5.08. The summed E-state index contributed by atoms with van der Waals surface area (Å²) in [5, 5.41) is 5.31. The molecule has 1 aromatic heterocycles. The van der Waals surface area contributed by atoms with E-state index in [0.29, 0.717) is 5.56 Å². The van der Waals surface area contributed by atoms with Crippen LogP contribution >= 0.6 is 0 Å². The van der Waals surface area contributed by atoms with Crippen LogP contribution in [0.1, 0.15) is 38.9 Å². The molecule has 3 N–H and O–H groups in total. The number of carbonyl (C=O) groups excluding carboxylic acids is 3. The minimum atomic E-state index is -0.436. The molecule has 1 heterocycles. The summed E-state index contributed by atoms with van der Waals surface area (Å²) in [6, 6.07) is 7.19. The van der Waals surface area contributed by atoms with Gasteiger partial charge in [0.25, 0.3) is 5.91 Å². The van der Waals surface area contributed by atoms with E-state index in [1.807, 2.05) is 32.0 Å². The molecule has 0 aliphatic rings. The number of Topliss-reactive ketones (excluding diaryl/α,β-unsaturated/α-hetero) is 1. The highest BCUT2D eigenvalue weighted by molar-refractivity contribution is 6.01. The van der Waals surface area contributed by atoms with Crippen LogP contribution in [0.3, 0.4) is 0 Å². The Hall–Kier alpha value is -2.89. The van der Waals surface area contributed by atoms with Crippen molar-refractivity contribution >= 4 is 23.3 Å². The van der Waals surface area contributed by atoms with E-state index in [1.54, 1.807) is 0 Å². The van der Waals surface area contributed by atoms with Crippen molar-refractivity contribution in [1.29, 1.82) is 0 Å². The maximum Gasteiger partial charge on any atom is 0.268 e. The van der Waals surface area contributed by atoms with Gasteiger partial charge < -0.3 is 15.6 Å². The Morgan fingerprint density at radius 3 is 2.35 bits per heavy atom. The molecule has 2 rings (SSSR count). The standard InChI is InChI=1S/C17H19N3O3/c1-10-5-4-6-11(2)16(10)20-15(22)9-19-17(23)14-7-13(8-18-14)12(3)21/h4-8,18H,9H2,1-3H3,(H,19,23)(H,20,22). The number of amides is 2. The molecule has 0 saturated heterocycles. The summed E-state index contributed by atoms with van der Waals surface area (Å²) in [5.41, 5.74) is 3.34. The van der Waals surface area contributed by atoms with Crippen molar-refractivity contribution in [2.45, 2.75) is 20.8 Å². The second kappa shape index (κ2) is 6.91. The number of nitrogens with one attached hydrogen (secondary N) is 3. The highest BCUT2D eigenvalue weighted by Crippen LogP contribution is 2.18. The van der Waals surface area contributed by atoms with Gasteiger partial charge in [0.2, 0.25) is 5.91 Å². The van der Waals surface area contributed by atoms with Crippen LogP contribution in [-0.4, -0.2) is 29.1 Å². The molecule has 1 aromatic carbocycles. The fraction of sp³-hybridized carbons (Fsp3) is 0.235. The zero-order chi connectivity index (χ0) is 17.0. The van der Waals surface area contributed by atoms with Crippen LogP contribution in [0.5, 0.6) is 0 Å². The van der Waals surface area contributed by atoms with Gasteiger partial charge in [-0.2, -0.15) is 0 Å². The lowest BCUT2D eigenvalue weighted by molar-refractivity contribution is -0.115. The highest BCUT2D eigenvalue weighted by atomic mass is 16.2. The minimum absolute atomic E-state index is 0.131. The first-order chi connectivity index (χ1) is 10.9. The average molecular weight is 313 g/mol. The molecular weight excluding hydrogens is 294 g/mol. The van der Waals surface area contributed by atoms with Gasteiger partial charge in [-0.05, 0) is 38.0 Å². The van der Waals surface area contributed by atoms with Crippen molar-refractivity contribution in [3.63, 3.8) is 0 Å². The van der Waals surface area contributed by atoms with E-state index in [4.69, 9.17) is 0 Å². The number of benzene rings is 1. The second-order valence-electron chi connectivity index (χ2n) is 5.36. The Balaban J connectivity index is 1.93. The lowest BCUT2D eigenvalue weighted by Crippen LogP contribution is -2.33. The molecule has 0 aliphatic heterocycles. The molecule has 0 spiro atoms. The molecule has 2 amide bonds. The predicted octanol–water partition coefficient (Wildman–Crippen LogP) is 2.20. The Morgan fingerprint density at radius 2 is 1.78 bits per heavy atom. The normalized spacial score (nSPS) is 10.2. The molecule has 6 heteroatoms. The Morgan fingerprint density at radius 1 is 1.13 bits per heavy atom. The van der Waals surface area contributed by atoms with E-state index < -0.39 is 5.91 Å². The van der Waals surface area contributed by atoms with E-state index >= 15 is 0 Å². The smallest absolute Gasteiger partial charge is 0.268 e. The maximum absolute atomic E-state index is 12.0. The van der Waals surface area contributed by atoms with E-state index in [2.05, 4.69) is 15.6 Å². The van der Waals surface area contributed by atoms with Crippen molar-refractivity contribution in [2.75, 3.05) is 11.9 Å². The number of aromatic nitrogens is 1. The van der Waals surface area contributed by atoms with Gasteiger partial charge in [-0.1, -0.05) is 18.2 Å². The maximum atomic E-state index is 12.0. The number of carbonyl (C=O) groups is 3. The first-order valence-electron chi connectivity index (χ1n) is 7.22. The number of aryl methyl sites for hydroxylation is 2. The molecule has 0 bridgehead atoms. The van der Waals surface area contributed by atoms with Crippen molar-refractivity contribution in [3.8, 4) is 0 Å². The number of hydrogen-bond donors (Lipinski definition) is 3. The van der Waals surface area contributed by atoms with Gasteiger partial charge in [0.1, 0.15) is 5.69 Å². The van der Waals surface area contributed by atoms with Gasteiger partial charge in [0.05, 0.1) is 6.54 Å². The molecule has 0 unspecified atom stereocenters. The second-order valence-corrected chi connectivity index (χ2v) is 5.36. The van der Waals surface area contributed by atoms with Crippen LogP contribution in [0.2, 0.25) is 0 Å². The van der Waals surface area contributed by atoms with Crippen LogP contribution in [0.4, 0.5) is 5.69 Å². The summed E-state index contributed by atoms with van der Waals surface area (Å²) in [5.74, 6) is -0.878. The average Bonchev–Trinajstić information content (AvgIpc) is 2.99. The fourth-order valence-electron chi connectivity index (χ4n) is 2.18. The van der Waals surface area contributed by atoms with Gasteiger partial charge in [0.15, 0.2) is 5.78 Å².